The third-order valence-electron chi connectivity index (χ3n) is 3.18. The Hall–Kier alpha value is 3.12. The fourth-order valence-electron chi connectivity index (χ4n) is 1.94. The van der Waals surface area contributed by atoms with Crippen LogP contribution in [0.2, 0.25) is 0 Å². The minimum Gasteiger partial charge on any atom is -0.822 e. The third kappa shape index (κ3) is 41.5. The Morgan fingerprint density at radius 3 is 1.50 bits per heavy atom. The number of aliphatic hydroxyl groups excluding tert-OH is 1. The Morgan fingerprint density at radius 2 is 1.19 bits per heavy atom. The quantitative estimate of drug-likeness (QED) is 0.132. The van der Waals surface area contributed by atoms with Crippen LogP contribution in [0.3, 0.4) is 0 Å². The van der Waals surface area contributed by atoms with E-state index in [2.05, 4.69) is 13.5 Å². The Kier molecular flexibility index (Phi) is 42.8. The van der Waals surface area contributed by atoms with Gasteiger partial charge in [0.2, 0.25) is 0 Å². The average Bonchev–Trinajstić information content (AvgIpc) is 2.46. The van der Waals surface area contributed by atoms with Crippen LogP contribution in [0.4, 0.5) is 0 Å². The minimum atomic E-state index is -5.39. The van der Waals surface area contributed by atoms with E-state index in [1.165, 1.54) is 51.4 Å². The maximum Gasteiger partial charge on any atom is 1.00 e. The molecule has 0 aliphatic carbocycles. The molecule has 6 nitrogen and oxygen atoms in total. The summed E-state index contributed by atoms with van der Waals surface area (Å²) in [5.74, 6) is 0.663. The van der Waals surface area contributed by atoms with Gasteiger partial charge in [0.15, 0.2) is 0 Å². The first kappa shape index (κ1) is 39.6. The van der Waals surface area contributed by atoms with E-state index in [1.807, 2.05) is 0 Å². The van der Waals surface area contributed by atoms with Gasteiger partial charge in [0, 0.05) is 0 Å². The van der Waals surface area contributed by atoms with Gasteiger partial charge in [0.25, 0.3) is 0 Å². The van der Waals surface area contributed by atoms with Gasteiger partial charge in [-0.05, 0) is 30.6 Å². The Balaban J connectivity index is -0.000000162. The summed E-state index contributed by atoms with van der Waals surface area (Å²) < 4.78 is 20.0. The van der Waals surface area contributed by atoms with Crippen molar-refractivity contribution >= 4 is 19.0 Å². The van der Waals surface area contributed by atoms with E-state index in [0.717, 1.165) is 12.8 Å². The van der Waals surface area contributed by atoms with E-state index >= 15 is 0 Å². The van der Waals surface area contributed by atoms with Gasteiger partial charge < -0.3 is 28.9 Å². The summed E-state index contributed by atoms with van der Waals surface area (Å²) in [5.41, 5.74) is 0. The van der Waals surface area contributed by atoms with Crippen LogP contribution in [0.15, 0.2) is 11.5 Å². The van der Waals surface area contributed by atoms with Crippen LogP contribution < -0.4 is 103 Å². The van der Waals surface area contributed by atoms with Crippen molar-refractivity contribution in [3.05, 3.63) is 11.5 Å². The molecule has 0 aliphatic rings. The average molecular weight is 438 g/mol. The second kappa shape index (κ2) is 28.1. The van der Waals surface area contributed by atoms with E-state index in [4.69, 9.17) is 24.4 Å². The number of phosphoric acid groups is 1. The molecular formula is C15H30Na3O6PS. The van der Waals surface area contributed by atoms with Crippen LogP contribution in [-0.2, 0) is 15.7 Å². The van der Waals surface area contributed by atoms with Crippen LogP contribution in [0.5, 0.6) is 0 Å². The molecule has 0 amide bonds. The molecule has 0 heterocycles. The predicted octanol–water partition coefficient (Wildman–Crippen LogP) is -7.65. The zero-order valence-electron chi connectivity index (χ0n) is 17.0. The Labute approximate surface area is 228 Å². The summed E-state index contributed by atoms with van der Waals surface area (Å²) >= 11 is -1.02. The normalized spacial score (nSPS) is 11.0. The molecule has 0 rings (SSSR count). The molecule has 0 fully saturated rings. The zero-order chi connectivity index (χ0) is 18.1. The number of hydrogen-bond donors (Lipinski definition) is 1. The van der Waals surface area contributed by atoms with Gasteiger partial charge in [-0.3, -0.25) is 0 Å². The smallest absolute Gasteiger partial charge is 0.822 e. The van der Waals surface area contributed by atoms with Crippen molar-refractivity contribution in [3.8, 4) is 0 Å². The molecule has 0 aromatic rings. The van der Waals surface area contributed by atoms with Crippen LogP contribution >= 0.6 is 7.82 Å². The van der Waals surface area contributed by atoms with Gasteiger partial charge in [-0.25, -0.2) is 0 Å². The number of rotatable bonds is 13. The Morgan fingerprint density at radius 1 is 0.885 bits per heavy atom. The van der Waals surface area contributed by atoms with Crippen molar-refractivity contribution in [2.45, 2.75) is 71.1 Å². The fraction of sp³-hybridized carbons (Fsp3) is 0.867. The van der Waals surface area contributed by atoms with Crippen molar-refractivity contribution in [1.82, 2.24) is 0 Å². The molecule has 1 N–H and O–H groups in total. The van der Waals surface area contributed by atoms with Crippen LogP contribution in [0.25, 0.3) is 0 Å². The predicted molar refractivity (Wildman–Crippen MR) is 88.7 cm³/mol. The van der Waals surface area contributed by atoms with Crippen molar-refractivity contribution in [2.24, 2.45) is 0 Å². The van der Waals surface area contributed by atoms with E-state index in [0.29, 0.717) is 10.7 Å². The summed E-state index contributed by atoms with van der Waals surface area (Å²) in [6.07, 6.45) is 12.9. The second-order valence-electron chi connectivity index (χ2n) is 5.38. The number of aliphatic hydroxyl groups is 1. The van der Waals surface area contributed by atoms with Crippen molar-refractivity contribution in [1.29, 1.82) is 0 Å². The van der Waals surface area contributed by atoms with Gasteiger partial charge in [-0.1, -0.05) is 58.3 Å². The van der Waals surface area contributed by atoms with Crippen molar-refractivity contribution < 1.29 is 118 Å². The fourth-order valence-corrected chi connectivity index (χ4v) is 2.84. The molecule has 0 spiro atoms. The van der Waals surface area contributed by atoms with Gasteiger partial charge in [-0.2, -0.15) is 7.82 Å². The van der Waals surface area contributed by atoms with Crippen molar-refractivity contribution in [3.63, 3.8) is 0 Å². The molecule has 0 aliphatic heterocycles. The number of hydrogen-bond acceptors (Lipinski definition) is 6. The van der Waals surface area contributed by atoms with Crippen LogP contribution in [0.1, 0.15) is 71.1 Å². The molecule has 0 radical (unpaired) electrons. The van der Waals surface area contributed by atoms with E-state index in [-0.39, 0.29) is 95.3 Å². The molecule has 1 unspecified atom stereocenters. The molecule has 11 heteroatoms. The molecule has 0 saturated heterocycles. The van der Waals surface area contributed by atoms with E-state index in [9.17, 15) is 4.55 Å². The number of unbranched alkanes of at least 4 members (excludes halogenated alkanes) is 9. The first-order chi connectivity index (χ1) is 10.7. The largest absolute Gasteiger partial charge is 1.00 e. The third-order valence-corrected chi connectivity index (χ3v) is 4.61. The summed E-state index contributed by atoms with van der Waals surface area (Å²) in [6.45, 7) is 5.68. The molecule has 140 valence electrons. The summed E-state index contributed by atoms with van der Waals surface area (Å²) in [6, 6.07) is 0. The van der Waals surface area contributed by atoms with Crippen molar-refractivity contribution in [2.75, 3.05) is 12.4 Å². The monoisotopic (exact) mass is 438 g/mol. The van der Waals surface area contributed by atoms with Crippen LogP contribution in [0, 0.1) is 0 Å². The molecule has 0 aromatic heterocycles. The molecule has 0 saturated carbocycles. The van der Waals surface area contributed by atoms with Gasteiger partial charge in [0.1, 0.15) is 17.3 Å². The first-order valence-corrected chi connectivity index (χ1v) is 10.9. The first-order valence-electron chi connectivity index (χ1n) is 8.12. The molecule has 0 aromatic carbocycles. The van der Waals surface area contributed by atoms with Gasteiger partial charge >= 0.3 is 88.7 Å². The summed E-state index contributed by atoms with van der Waals surface area (Å²) in [5, 5.41) is 8.77. The maximum absolute atomic E-state index is 11.5. The SMILES string of the molecule is C=C(CO)[S+]([O-])CCCCCCCCCCCC.O=P([O-])([O-])[O-].[Na+].[Na+].[Na+]. The van der Waals surface area contributed by atoms with Crippen LogP contribution in [-0.4, -0.2) is 22.0 Å². The summed E-state index contributed by atoms with van der Waals surface area (Å²) in [7, 11) is -5.39. The molecular weight excluding hydrogens is 408 g/mol. The topological polar surface area (TPSA) is 130 Å². The van der Waals surface area contributed by atoms with E-state index < -0.39 is 19.0 Å². The summed E-state index contributed by atoms with van der Waals surface area (Å²) in [4.78, 5) is 26.1. The van der Waals surface area contributed by atoms with E-state index in [1.54, 1.807) is 0 Å². The second-order valence-corrected chi connectivity index (χ2v) is 7.95. The molecule has 0 bridgehead atoms. The van der Waals surface area contributed by atoms with Gasteiger partial charge in [0.05, 0.1) is 0 Å². The molecule has 1 atom stereocenters. The zero-order valence-corrected chi connectivity index (χ0v) is 24.7. The standard InChI is InChI=1S/C15H30O2S.3Na.H3O4P/c1-3-4-5-6-7-8-9-10-11-12-13-18(17)15(2)14-16;;;;1-5(2,3)4/h16H,2-14H2,1H3;;;;(H3,1,2,3,4)/q;3*+1;/p-3. The Bertz CT molecular complexity index is 326. The van der Waals surface area contributed by atoms with Gasteiger partial charge in [-0.15, -0.1) is 0 Å². The minimum absolute atomic E-state index is 0. The molecule has 26 heavy (non-hydrogen) atoms. The maximum atomic E-state index is 11.5.